The molecular weight excluding hydrogens is 184 g/mol. The van der Waals surface area contributed by atoms with Gasteiger partial charge in [0.05, 0.1) is 11.4 Å². The second-order valence-electron chi connectivity index (χ2n) is 4.70. The van der Waals surface area contributed by atoms with Gasteiger partial charge in [0.2, 0.25) is 0 Å². The molecule has 0 aliphatic heterocycles. The fraction of sp³-hybridized carbons (Fsp3) is 0.538. The summed E-state index contributed by atoms with van der Waals surface area (Å²) in [6.45, 7) is 4.32. The van der Waals surface area contributed by atoms with E-state index in [9.17, 15) is 0 Å². The van der Waals surface area contributed by atoms with E-state index in [4.69, 9.17) is 5.73 Å². The molecule has 0 saturated heterocycles. The molecule has 1 aliphatic rings. The van der Waals surface area contributed by atoms with Gasteiger partial charge < -0.3 is 11.1 Å². The maximum absolute atomic E-state index is 6.00. The van der Waals surface area contributed by atoms with Gasteiger partial charge in [-0.3, -0.25) is 0 Å². The predicted molar refractivity (Wildman–Crippen MR) is 66.1 cm³/mol. The lowest BCUT2D eigenvalue weighted by atomic mass is 9.74. The number of benzene rings is 1. The normalized spacial score (nSPS) is 18.3. The molecular formula is C13H20N2. The molecule has 2 heteroatoms. The monoisotopic (exact) mass is 204 g/mol. The van der Waals surface area contributed by atoms with E-state index in [0.717, 1.165) is 11.4 Å². The van der Waals surface area contributed by atoms with Crippen LogP contribution in [0.25, 0.3) is 0 Å². The van der Waals surface area contributed by atoms with Crippen LogP contribution in [0.4, 0.5) is 11.4 Å². The van der Waals surface area contributed by atoms with Crippen molar-refractivity contribution in [1.82, 2.24) is 0 Å². The Morgan fingerprint density at radius 2 is 2.13 bits per heavy atom. The molecule has 82 valence electrons. The van der Waals surface area contributed by atoms with Crippen LogP contribution >= 0.6 is 0 Å². The van der Waals surface area contributed by atoms with Crippen molar-refractivity contribution in [3.8, 4) is 0 Å². The molecule has 0 aromatic heterocycles. The molecule has 0 radical (unpaired) electrons. The third-order valence-corrected chi connectivity index (χ3v) is 3.59. The van der Waals surface area contributed by atoms with Gasteiger partial charge in [-0.05, 0) is 50.3 Å². The highest BCUT2D eigenvalue weighted by Gasteiger charge is 2.35. The van der Waals surface area contributed by atoms with Gasteiger partial charge in [0.25, 0.3) is 0 Å². The van der Waals surface area contributed by atoms with Gasteiger partial charge in [0.1, 0.15) is 0 Å². The summed E-state index contributed by atoms with van der Waals surface area (Å²) in [6, 6.07) is 6.24. The summed E-state index contributed by atoms with van der Waals surface area (Å²) < 4.78 is 0. The van der Waals surface area contributed by atoms with Crippen molar-refractivity contribution in [2.75, 3.05) is 11.1 Å². The molecule has 1 aliphatic carbocycles. The molecule has 1 fully saturated rings. The number of anilines is 2. The number of hydrogen-bond acceptors (Lipinski definition) is 2. The van der Waals surface area contributed by atoms with Crippen LogP contribution in [0.15, 0.2) is 18.2 Å². The van der Waals surface area contributed by atoms with Crippen LogP contribution in [0, 0.1) is 6.92 Å². The molecule has 3 N–H and O–H groups in total. The summed E-state index contributed by atoms with van der Waals surface area (Å²) in [7, 11) is 0. The minimum Gasteiger partial charge on any atom is -0.397 e. The Bertz CT molecular complexity index is 348. The molecule has 0 bridgehead atoms. The minimum absolute atomic E-state index is 0.323. The second kappa shape index (κ2) is 3.76. The quantitative estimate of drug-likeness (QED) is 0.741. The first kappa shape index (κ1) is 10.3. The third-order valence-electron chi connectivity index (χ3n) is 3.59. The predicted octanol–water partition coefficient (Wildman–Crippen LogP) is 3.32. The fourth-order valence-corrected chi connectivity index (χ4v) is 2.25. The molecule has 1 aromatic rings. The number of hydrogen-bond donors (Lipinski definition) is 2. The SMILES string of the molecule is CCC1(Nc2ccc(C)cc2N)CCC1. The van der Waals surface area contributed by atoms with E-state index in [2.05, 4.69) is 31.3 Å². The van der Waals surface area contributed by atoms with E-state index < -0.39 is 0 Å². The summed E-state index contributed by atoms with van der Waals surface area (Å²) in [5.74, 6) is 0. The van der Waals surface area contributed by atoms with E-state index in [-0.39, 0.29) is 0 Å². The summed E-state index contributed by atoms with van der Waals surface area (Å²) in [5, 5.41) is 3.61. The number of aryl methyl sites for hydroxylation is 1. The lowest BCUT2D eigenvalue weighted by molar-refractivity contribution is 0.270. The maximum Gasteiger partial charge on any atom is 0.0578 e. The zero-order chi connectivity index (χ0) is 10.9. The Morgan fingerprint density at radius 3 is 2.60 bits per heavy atom. The van der Waals surface area contributed by atoms with Crippen LogP contribution in [0.2, 0.25) is 0 Å². The van der Waals surface area contributed by atoms with Crippen molar-refractivity contribution in [3.63, 3.8) is 0 Å². The van der Waals surface area contributed by atoms with Gasteiger partial charge in [0, 0.05) is 5.54 Å². The highest BCUT2D eigenvalue weighted by atomic mass is 15.0. The zero-order valence-electron chi connectivity index (χ0n) is 9.64. The van der Waals surface area contributed by atoms with Crippen LogP contribution in [0.1, 0.15) is 38.2 Å². The van der Waals surface area contributed by atoms with Crippen LogP contribution < -0.4 is 11.1 Å². The van der Waals surface area contributed by atoms with Crippen molar-refractivity contribution >= 4 is 11.4 Å². The van der Waals surface area contributed by atoms with Gasteiger partial charge >= 0.3 is 0 Å². The van der Waals surface area contributed by atoms with E-state index in [0.29, 0.717) is 5.54 Å². The zero-order valence-corrected chi connectivity index (χ0v) is 9.64. The second-order valence-corrected chi connectivity index (χ2v) is 4.70. The van der Waals surface area contributed by atoms with Crippen molar-refractivity contribution in [2.24, 2.45) is 0 Å². The average molecular weight is 204 g/mol. The van der Waals surface area contributed by atoms with Crippen LogP contribution in [0.3, 0.4) is 0 Å². The first-order chi connectivity index (χ1) is 7.15. The molecule has 0 spiro atoms. The average Bonchev–Trinajstić information content (AvgIpc) is 2.14. The summed E-state index contributed by atoms with van der Waals surface area (Å²) in [6.07, 6.45) is 5.07. The summed E-state index contributed by atoms with van der Waals surface area (Å²) in [4.78, 5) is 0. The molecule has 0 amide bonds. The topological polar surface area (TPSA) is 38.0 Å². The Morgan fingerprint density at radius 1 is 1.40 bits per heavy atom. The number of nitrogen functional groups attached to an aromatic ring is 1. The summed E-state index contributed by atoms with van der Waals surface area (Å²) >= 11 is 0. The standard InChI is InChI=1S/C13H20N2/c1-3-13(7-4-8-13)15-12-6-5-10(2)9-11(12)14/h5-6,9,15H,3-4,7-8,14H2,1-2H3. The molecule has 1 aromatic carbocycles. The molecule has 15 heavy (non-hydrogen) atoms. The third kappa shape index (κ3) is 1.94. The van der Waals surface area contributed by atoms with Gasteiger partial charge in [-0.1, -0.05) is 13.0 Å². The molecule has 2 nitrogen and oxygen atoms in total. The number of rotatable bonds is 3. The van der Waals surface area contributed by atoms with Crippen LogP contribution in [-0.4, -0.2) is 5.54 Å². The smallest absolute Gasteiger partial charge is 0.0578 e. The molecule has 0 unspecified atom stereocenters. The fourth-order valence-electron chi connectivity index (χ4n) is 2.25. The highest BCUT2D eigenvalue weighted by molar-refractivity contribution is 5.68. The number of nitrogens with two attached hydrogens (primary N) is 1. The Kier molecular flexibility index (Phi) is 2.59. The maximum atomic E-state index is 6.00. The molecule has 0 atom stereocenters. The highest BCUT2D eigenvalue weighted by Crippen LogP contribution is 2.39. The van der Waals surface area contributed by atoms with Crippen molar-refractivity contribution in [1.29, 1.82) is 0 Å². The van der Waals surface area contributed by atoms with Crippen molar-refractivity contribution in [3.05, 3.63) is 23.8 Å². The van der Waals surface area contributed by atoms with Gasteiger partial charge in [-0.2, -0.15) is 0 Å². The van der Waals surface area contributed by atoms with Crippen molar-refractivity contribution in [2.45, 2.75) is 45.1 Å². The lowest BCUT2D eigenvalue weighted by Crippen LogP contribution is -2.44. The van der Waals surface area contributed by atoms with Gasteiger partial charge in [0.15, 0.2) is 0 Å². The van der Waals surface area contributed by atoms with Gasteiger partial charge in [-0.15, -0.1) is 0 Å². The Hall–Kier alpha value is -1.18. The Balaban J connectivity index is 2.16. The summed E-state index contributed by atoms with van der Waals surface area (Å²) in [5.41, 5.74) is 9.51. The first-order valence-electron chi connectivity index (χ1n) is 5.79. The van der Waals surface area contributed by atoms with E-state index in [1.807, 2.05) is 6.07 Å². The van der Waals surface area contributed by atoms with E-state index >= 15 is 0 Å². The largest absolute Gasteiger partial charge is 0.397 e. The minimum atomic E-state index is 0.323. The molecule has 1 saturated carbocycles. The Labute approximate surface area is 91.9 Å². The van der Waals surface area contributed by atoms with Crippen molar-refractivity contribution < 1.29 is 0 Å². The first-order valence-corrected chi connectivity index (χ1v) is 5.79. The molecule has 0 heterocycles. The van der Waals surface area contributed by atoms with E-state index in [1.165, 1.54) is 31.2 Å². The van der Waals surface area contributed by atoms with Gasteiger partial charge in [-0.25, -0.2) is 0 Å². The lowest BCUT2D eigenvalue weighted by Gasteiger charge is -2.43. The number of nitrogens with one attached hydrogen (secondary N) is 1. The van der Waals surface area contributed by atoms with E-state index in [1.54, 1.807) is 0 Å². The van der Waals surface area contributed by atoms with Crippen LogP contribution in [0.5, 0.6) is 0 Å². The van der Waals surface area contributed by atoms with Crippen LogP contribution in [-0.2, 0) is 0 Å². The molecule has 2 rings (SSSR count).